The highest BCUT2D eigenvalue weighted by Gasteiger charge is 2.33. The van der Waals surface area contributed by atoms with Crippen molar-refractivity contribution >= 4 is 5.69 Å². The van der Waals surface area contributed by atoms with Gasteiger partial charge in [-0.15, -0.1) is 0 Å². The van der Waals surface area contributed by atoms with Crippen LogP contribution in [-0.4, -0.2) is 54.2 Å². The Morgan fingerprint density at radius 2 is 1.77 bits per heavy atom. The van der Waals surface area contributed by atoms with Gasteiger partial charge in [0.2, 0.25) is 0 Å². The van der Waals surface area contributed by atoms with Crippen LogP contribution in [0.1, 0.15) is 43.8 Å². The van der Waals surface area contributed by atoms with Crippen molar-refractivity contribution in [2.75, 3.05) is 38.2 Å². The van der Waals surface area contributed by atoms with Crippen LogP contribution in [0.2, 0.25) is 0 Å². The lowest BCUT2D eigenvalue weighted by molar-refractivity contribution is 0.150. The van der Waals surface area contributed by atoms with Gasteiger partial charge in [-0.1, -0.05) is 19.3 Å². The first-order valence-electron chi connectivity index (χ1n) is 9.97. The van der Waals surface area contributed by atoms with E-state index in [0.29, 0.717) is 12.0 Å². The van der Waals surface area contributed by atoms with E-state index in [9.17, 15) is 0 Å². The van der Waals surface area contributed by atoms with Crippen LogP contribution >= 0.6 is 0 Å². The Balaban J connectivity index is 1.42. The lowest BCUT2D eigenvalue weighted by Gasteiger charge is -2.42. The number of nitrogens with zero attached hydrogens (tertiary/aromatic N) is 3. The minimum atomic E-state index is 0.556. The maximum Gasteiger partial charge on any atom is 0.119 e. The van der Waals surface area contributed by atoms with Crippen LogP contribution in [0.3, 0.4) is 0 Å². The number of hydrogen-bond acceptors (Lipinski definition) is 4. The highest BCUT2D eigenvalue weighted by Crippen LogP contribution is 2.34. The van der Waals surface area contributed by atoms with Crippen LogP contribution in [0.15, 0.2) is 36.7 Å². The number of H-pyrrole nitrogens is 1. The van der Waals surface area contributed by atoms with Gasteiger partial charge in [-0.05, 0) is 37.1 Å². The number of rotatable bonds is 4. The quantitative estimate of drug-likeness (QED) is 0.851. The Morgan fingerprint density at radius 1 is 1.00 bits per heavy atom. The van der Waals surface area contributed by atoms with E-state index in [2.05, 4.69) is 44.0 Å². The number of methoxy groups -OCH3 is 1. The molecule has 0 amide bonds. The highest BCUT2D eigenvalue weighted by atomic mass is 16.5. The highest BCUT2D eigenvalue weighted by molar-refractivity contribution is 5.49. The molecule has 2 aromatic rings. The number of anilines is 1. The van der Waals surface area contributed by atoms with E-state index in [0.717, 1.165) is 31.9 Å². The van der Waals surface area contributed by atoms with Crippen molar-refractivity contribution in [2.45, 2.75) is 44.1 Å². The molecule has 1 aliphatic heterocycles. The molecule has 1 saturated carbocycles. The Kier molecular flexibility index (Phi) is 5.44. The lowest BCUT2D eigenvalue weighted by atomic mass is 9.92. The Bertz CT molecular complexity index is 662. The molecule has 2 atom stereocenters. The molecule has 2 unspecified atom stereocenters. The molecular formula is C21H30N4O. The van der Waals surface area contributed by atoms with Crippen molar-refractivity contribution in [1.29, 1.82) is 0 Å². The normalized spacial score (nSPS) is 25.0. The summed E-state index contributed by atoms with van der Waals surface area (Å²) < 4.78 is 5.28. The average Bonchev–Trinajstić information content (AvgIpc) is 3.13. The number of ether oxygens (including phenoxy) is 1. The predicted octanol–water partition coefficient (Wildman–Crippen LogP) is 3.66. The molecule has 0 spiro atoms. The first-order chi connectivity index (χ1) is 12.8. The van der Waals surface area contributed by atoms with Gasteiger partial charge in [0, 0.05) is 56.2 Å². The fraction of sp³-hybridized carbons (Fsp3) is 0.571. The van der Waals surface area contributed by atoms with Gasteiger partial charge in [-0.25, -0.2) is 4.98 Å². The van der Waals surface area contributed by atoms with Crippen LogP contribution < -0.4 is 9.64 Å². The van der Waals surface area contributed by atoms with Gasteiger partial charge in [-0.2, -0.15) is 0 Å². The minimum absolute atomic E-state index is 0.556. The summed E-state index contributed by atoms with van der Waals surface area (Å²) in [6.07, 6.45) is 10.5. The number of imidazole rings is 1. The fourth-order valence-corrected chi connectivity index (χ4v) is 4.63. The van der Waals surface area contributed by atoms with E-state index >= 15 is 0 Å². The van der Waals surface area contributed by atoms with Gasteiger partial charge in [0.25, 0.3) is 0 Å². The molecule has 1 N–H and O–H groups in total. The number of aromatic nitrogens is 2. The summed E-state index contributed by atoms with van der Waals surface area (Å²) >= 11 is 0. The van der Waals surface area contributed by atoms with Crippen LogP contribution in [0.4, 0.5) is 5.69 Å². The Morgan fingerprint density at radius 3 is 2.46 bits per heavy atom. The van der Waals surface area contributed by atoms with Crippen molar-refractivity contribution < 1.29 is 4.74 Å². The number of benzene rings is 1. The smallest absolute Gasteiger partial charge is 0.119 e. The lowest BCUT2D eigenvalue weighted by Crippen LogP contribution is -2.52. The zero-order valence-electron chi connectivity index (χ0n) is 15.7. The first-order valence-corrected chi connectivity index (χ1v) is 9.97. The van der Waals surface area contributed by atoms with Crippen LogP contribution in [0, 0.1) is 0 Å². The third-order valence-electron chi connectivity index (χ3n) is 6.07. The van der Waals surface area contributed by atoms with E-state index in [4.69, 9.17) is 4.74 Å². The van der Waals surface area contributed by atoms with Gasteiger partial charge in [0.15, 0.2) is 0 Å². The predicted molar refractivity (Wildman–Crippen MR) is 105 cm³/mol. The first kappa shape index (κ1) is 17.4. The van der Waals surface area contributed by atoms with E-state index in [1.165, 1.54) is 43.6 Å². The molecule has 0 radical (unpaired) electrons. The molecule has 5 heteroatoms. The van der Waals surface area contributed by atoms with Gasteiger partial charge in [-0.3, -0.25) is 4.90 Å². The van der Waals surface area contributed by atoms with Gasteiger partial charge in [0.1, 0.15) is 11.6 Å². The number of piperazine rings is 1. The SMILES string of the molecule is COc1ccc(N2CCN(C3CCCCCC3c3ncc[nH]3)CC2)cc1. The van der Waals surface area contributed by atoms with Crippen molar-refractivity contribution in [3.8, 4) is 5.75 Å². The molecule has 4 rings (SSSR count). The van der Waals surface area contributed by atoms with E-state index in [1.54, 1.807) is 7.11 Å². The van der Waals surface area contributed by atoms with Crippen molar-refractivity contribution in [1.82, 2.24) is 14.9 Å². The van der Waals surface area contributed by atoms with Crippen molar-refractivity contribution in [3.63, 3.8) is 0 Å². The molecule has 2 aliphatic rings. The largest absolute Gasteiger partial charge is 0.497 e. The van der Waals surface area contributed by atoms with E-state index < -0.39 is 0 Å². The maximum absolute atomic E-state index is 5.28. The molecule has 26 heavy (non-hydrogen) atoms. The van der Waals surface area contributed by atoms with Crippen LogP contribution in [-0.2, 0) is 0 Å². The molecule has 0 bridgehead atoms. The summed E-state index contributed by atoms with van der Waals surface area (Å²) in [5, 5.41) is 0. The Labute approximate surface area is 156 Å². The van der Waals surface area contributed by atoms with Gasteiger partial charge < -0.3 is 14.6 Å². The Hall–Kier alpha value is -2.01. The average molecular weight is 354 g/mol. The zero-order chi connectivity index (χ0) is 17.8. The molecule has 1 aromatic carbocycles. The minimum Gasteiger partial charge on any atom is -0.497 e. The number of hydrogen-bond donors (Lipinski definition) is 1. The summed E-state index contributed by atoms with van der Waals surface area (Å²) in [6.45, 7) is 4.45. The summed E-state index contributed by atoms with van der Waals surface area (Å²) in [7, 11) is 1.72. The van der Waals surface area contributed by atoms with Crippen LogP contribution in [0.5, 0.6) is 5.75 Å². The molecule has 1 saturated heterocycles. The van der Waals surface area contributed by atoms with E-state index in [1.807, 2.05) is 12.4 Å². The molecule has 1 aromatic heterocycles. The number of aromatic amines is 1. The summed E-state index contributed by atoms with van der Waals surface area (Å²) in [5.41, 5.74) is 1.30. The summed E-state index contributed by atoms with van der Waals surface area (Å²) in [6, 6.07) is 9.08. The fourth-order valence-electron chi connectivity index (χ4n) is 4.63. The molecular weight excluding hydrogens is 324 g/mol. The van der Waals surface area contributed by atoms with Gasteiger partial charge >= 0.3 is 0 Å². The second kappa shape index (κ2) is 8.12. The zero-order valence-corrected chi connectivity index (χ0v) is 15.7. The monoisotopic (exact) mass is 354 g/mol. The summed E-state index contributed by atoms with van der Waals surface area (Å²) in [5.74, 6) is 2.67. The molecule has 5 nitrogen and oxygen atoms in total. The molecule has 1 aliphatic carbocycles. The third-order valence-corrected chi connectivity index (χ3v) is 6.07. The van der Waals surface area contributed by atoms with Gasteiger partial charge in [0.05, 0.1) is 7.11 Å². The summed E-state index contributed by atoms with van der Waals surface area (Å²) in [4.78, 5) is 13.2. The second-order valence-electron chi connectivity index (χ2n) is 7.51. The second-order valence-corrected chi connectivity index (χ2v) is 7.51. The molecule has 2 heterocycles. The third kappa shape index (κ3) is 3.73. The van der Waals surface area contributed by atoms with Crippen LogP contribution in [0.25, 0.3) is 0 Å². The maximum atomic E-state index is 5.28. The topological polar surface area (TPSA) is 44.4 Å². The van der Waals surface area contributed by atoms with E-state index in [-0.39, 0.29) is 0 Å². The number of nitrogens with one attached hydrogen (secondary N) is 1. The standard InChI is InChI=1S/C21H30N4O/c1-26-18-9-7-17(8-10-18)24-13-15-25(16-14-24)20-6-4-2-3-5-19(20)21-22-11-12-23-21/h7-12,19-20H,2-6,13-16H2,1H3,(H,22,23). The van der Waals surface area contributed by atoms with Crippen molar-refractivity contribution in [2.24, 2.45) is 0 Å². The van der Waals surface area contributed by atoms with Crippen molar-refractivity contribution in [3.05, 3.63) is 42.5 Å². The molecule has 140 valence electrons. The molecule has 2 fully saturated rings.